The van der Waals surface area contributed by atoms with Crippen molar-refractivity contribution in [3.05, 3.63) is 37.4 Å². The van der Waals surface area contributed by atoms with Gasteiger partial charge in [-0.3, -0.25) is 9.59 Å². The van der Waals surface area contributed by atoms with Crippen LogP contribution in [0.4, 0.5) is 0 Å². The van der Waals surface area contributed by atoms with Crippen molar-refractivity contribution >= 4 is 11.9 Å². The summed E-state index contributed by atoms with van der Waals surface area (Å²) in [6.07, 6.45) is 53.2. The topological polar surface area (TPSA) is 88.2 Å². The molecule has 0 fully saturated rings. The molecule has 0 spiro atoms. The molecule has 0 N–H and O–H groups in total. The van der Waals surface area contributed by atoms with Crippen molar-refractivity contribution in [3.8, 4) is 0 Å². The summed E-state index contributed by atoms with van der Waals surface area (Å²) >= 11 is 0. The molecular weight excluding hydrogens is 880 g/mol. The van der Waals surface area contributed by atoms with Crippen LogP contribution < -0.4 is 34.0 Å². The van der Waals surface area contributed by atoms with Gasteiger partial charge in [0.1, 0.15) is 0 Å². The molecule has 2 heterocycles. The highest BCUT2D eigenvalue weighted by Crippen LogP contribution is 2.25. The van der Waals surface area contributed by atoms with Gasteiger partial charge in [0, 0.05) is 49.7 Å². The van der Waals surface area contributed by atoms with E-state index >= 15 is 0 Å². The third-order valence-electron chi connectivity index (χ3n) is 11.5. The number of nitrogens with zero attached hydrogens (tertiary/aromatic N) is 4. The molecule has 2 rings (SSSR count). The Morgan fingerprint density at radius 3 is 1.02 bits per heavy atom. The molecule has 0 saturated carbocycles. The van der Waals surface area contributed by atoms with E-state index in [1.54, 1.807) is 0 Å². The molecule has 60 heavy (non-hydrogen) atoms. The molecule has 0 radical (unpaired) electrons. The zero-order valence-corrected chi connectivity index (χ0v) is 42.4. The van der Waals surface area contributed by atoms with Crippen molar-refractivity contribution in [3.63, 3.8) is 0 Å². The largest absolute Gasteiger partial charge is 1.00 e. The van der Waals surface area contributed by atoms with Crippen molar-refractivity contribution in [2.24, 2.45) is 0 Å². The van der Waals surface area contributed by atoms with Gasteiger partial charge in [0.05, 0.1) is 25.9 Å². The standard InChI is InChI=1S/2C25H46N2O2.2BrH/c1-3-5-7-8-9-10-11-14-17-24(27-21-20-26-23-27)18-15-12-13-16-19-25(28)29-22-6-4-2;1-3-5-7-8-9-10-11-12-13-14-17-24(27-21-20-26-23-27)18-15-16-19-25(28)29-22-6-4-2;;/h2*20-21,23-24H,3-19,22H2,1-2H3;2*1H/p-2. The fourth-order valence-corrected chi connectivity index (χ4v) is 7.69. The van der Waals surface area contributed by atoms with E-state index < -0.39 is 0 Å². The lowest BCUT2D eigenvalue weighted by atomic mass is 10.00. The number of halogens is 2. The van der Waals surface area contributed by atoms with E-state index in [9.17, 15) is 9.59 Å². The first-order valence-electron chi connectivity index (χ1n) is 24.8. The molecule has 10 heteroatoms. The molecule has 8 nitrogen and oxygen atoms in total. The average molecular weight is 973 g/mol. The summed E-state index contributed by atoms with van der Waals surface area (Å²) in [7, 11) is 0. The Balaban J connectivity index is 0. The SMILES string of the molecule is CCCCCCCCCCC(CCCCCCC(=O)OCCCC)n1ccnc1.CCCCCCCCCCCCC(CCCCC(=O)OCCCC)n1ccnc1.[Br-].[Br-]. The fourth-order valence-electron chi connectivity index (χ4n) is 7.69. The van der Waals surface area contributed by atoms with E-state index in [-0.39, 0.29) is 45.9 Å². The van der Waals surface area contributed by atoms with Crippen LogP contribution in [0.1, 0.15) is 258 Å². The van der Waals surface area contributed by atoms with E-state index in [0.29, 0.717) is 38.1 Å². The first-order chi connectivity index (χ1) is 28.5. The summed E-state index contributed by atoms with van der Waals surface area (Å²) < 4.78 is 15.0. The molecule has 2 atom stereocenters. The van der Waals surface area contributed by atoms with Gasteiger partial charge >= 0.3 is 11.9 Å². The number of esters is 2. The quantitative estimate of drug-likeness (QED) is 0.0489. The second-order valence-electron chi connectivity index (χ2n) is 16.9. The van der Waals surface area contributed by atoms with Crippen LogP contribution in [0.25, 0.3) is 0 Å². The van der Waals surface area contributed by atoms with Crippen molar-refractivity contribution in [2.75, 3.05) is 13.2 Å². The Hall–Kier alpha value is -1.68. The Morgan fingerprint density at radius 1 is 0.417 bits per heavy atom. The van der Waals surface area contributed by atoms with Crippen molar-refractivity contribution in [2.45, 2.75) is 258 Å². The number of ether oxygens (including phenoxy) is 2. The molecule has 0 bridgehead atoms. The summed E-state index contributed by atoms with van der Waals surface area (Å²) in [6.45, 7) is 9.93. The van der Waals surface area contributed by atoms with Gasteiger partial charge in [-0.2, -0.15) is 0 Å². The molecule has 2 aromatic heterocycles. The molecule has 2 unspecified atom stereocenters. The molecule has 0 aliphatic rings. The van der Waals surface area contributed by atoms with Gasteiger partial charge in [0.25, 0.3) is 0 Å². The highest BCUT2D eigenvalue weighted by atomic mass is 79.9. The summed E-state index contributed by atoms with van der Waals surface area (Å²) in [5, 5.41) is 0. The number of unbranched alkanes of at least 4 members (excludes halogenated alkanes) is 22. The third-order valence-corrected chi connectivity index (χ3v) is 11.5. The van der Waals surface area contributed by atoms with Gasteiger partial charge in [-0.25, -0.2) is 9.97 Å². The van der Waals surface area contributed by atoms with E-state index in [1.807, 2.05) is 25.0 Å². The van der Waals surface area contributed by atoms with Crippen molar-refractivity contribution < 1.29 is 53.0 Å². The maximum absolute atomic E-state index is 11.7. The number of rotatable bonds is 40. The minimum Gasteiger partial charge on any atom is -1.00 e. The Morgan fingerprint density at radius 2 is 0.700 bits per heavy atom. The van der Waals surface area contributed by atoms with Gasteiger partial charge in [0.2, 0.25) is 0 Å². The van der Waals surface area contributed by atoms with E-state index in [1.165, 1.54) is 148 Å². The van der Waals surface area contributed by atoms with E-state index in [4.69, 9.17) is 9.47 Å². The van der Waals surface area contributed by atoms with Gasteiger partial charge < -0.3 is 52.6 Å². The molecule has 352 valence electrons. The lowest BCUT2D eigenvalue weighted by molar-refractivity contribution is -0.144. The fraction of sp³-hybridized carbons (Fsp3) is 0.840. The van der Waals surface area contributed by atoms with Gasteiger partial charge in [-0.1, -0.05) is 182 Å². The summed E-state index contributed by atoms with van der Waals surface area (Å²) in [5.74, 6) is -0.0586. The summed E-state index contributed by atoms with van der Waals surface area (Å²) in [5.41, 5.74) is 0. The smallest absolute Gasteiger partial charge is 0.305 e. The lowest BCUT2D eigenvalue weighted by Crippen LogP contribution is -3.00. The molecule has 0 saturated heterocycles. The minimum absolute atomic E-state index is 0. The van der Waals surface area contributed by atoms with Crippen LogP contribution >= 0.6 is 0 Å². The van der Waals surface area contributed by atoms with E-state index in [0.717, 1.165) is 57.8 Å². The van der Waals surface area contributed by atoms with Gasteiger partial charge in [-0.05, 0) is 51.4 Å². The maximum Gasteiger partial charge on any atom is 0.305 e. The molecule has 0 aromatic carbocycles. The van der Waals surface area contributed by atoms with Crippen molar-refractivity contribution in [1.29, 1.82) is 0 Å². The number of carbonyl (C=O) groups is 2. The molecule has 2 aromatic rings. The first kappa shape index (κ1) is 60.4. The molecule has 0 aliphatic heterocycles. The predicted molar refractivity (Wildman–Crippen MR) is 244 cm³/mol. The van der Waals surface area contributed by atoms with Gasteiger partial charge in [-0.15, -0.1) is 0 Å². The van der Waals surface area contributed by atoms with Crippen LogP contribution in [0.5, 0.6) is 0 Å². The Labute approximate surface area is 390 Å². The van der Waals surface area contributed by atoms with Gasteiger partial charge in [0.15, 0.2) is 0 Å². The van der Waals surface area contributed by atoms with Crippen molar-refractivity contribution in [1.82, 2.24) is 19.1 Å². The number of aromatic nitrogens is 4. The van der Waals surface area contributed by atoms with Crippen LogP contribution in [0.15, 0.2) is 37.4 Å². The zero-order valence-electron chi connectivity index (χ0n) is 39.3. The summed E-state index contributed by atoms with van der Waals surface area (Å²) in [4.78, 5) is 31.8. The maximum atomic E-state index is 11.7. The first-order valence-corrected chi connectivity index (χ1v) is 24.8. The second-order valence-corrected chi connectivity index (χ2v) is 16.9. The number of hydrogen-bond donors (Lipinski definition) is 0. The average Bonchev–Trinajstić information content (AvgIpc) is 3.98. The normalized spacial score (nSPS) is 11.8. The third kappa shape index (κ3) is 36.9. The lowest BCUT2D eigenvalue weighted by Gasteiger charge is -2.18. The van der Waals surface area contributed by atoms with E-state index in [2.05, 4.69) is 59.2 Å². The Bertz CT molecular complexity index is 1140. The highest BCUT2D eigenvalue weighted by Gasteiger charge is 2.12. The van der Waals surface area contributed by atoms with Crippen LogP contribution in [0, 0.1) is 0 Å². The number of carbonyl (C=O) groups excluding carboxylic acids is 2. The molecule has 0 amide bonds. The zero-order chi connectivity index (χ0) is 42.0. The van der Waals surface area contributed by atoms with Crippen LogP contribution in [-0.2, 0) is 19.1 Å². The monoisotopic (exact) mass is 971 g/mol. The predicted octanol–water partition coefficient (Wildman–Crippen LogP) is 9.29. The molecular formula is C50H92Br2N4O4-2. The highest BCUT2D eigenvalue weighted by molar-refractivity contribution is 5.69. The van der Waals surface area contributed by atoms with Crippen LogP contribution in [-0.4, -0.2) is 44.3 Å². The minimum atomic E-state index is -0.0349. The number of imidazole rings is 2. The van der Waals surface area contributed by atoms with Crippen LogP contribution in [0.3, 0.4) is 0 Å². The van der Waals surface area contributed by atoms with Crippen LogP contribution in [0.2, 0.25) is 0 Å². The number of hydrogen-bond acceptors (Lipinski definition) is 6. The molecule has 0 aliphatic carbocycles. The Kier molecular flexibility index (Phi) is 47.1. The second kappa shape index (κ2) is 46.8. The summed E-state index contributed by atoms with van der Waals surface area (Å²) in [6, 6.07) is 1.10.